The van der Waals surface area contributed by atoms with E-state index in [2.05, 4.69) is 20.9 Å². The van der Waals surface area contributed by atoms with Crippen molar-refractivity contribution in [1.82, 2.24) is 19.7 Å². The van der Waals surface area contributed by atoms with Crippen LogP contribution >= 0.6 is 0 Å². The lowest BCUT2D eigenvalue weighted by atomic mass is 9.86. The zero-order valence-corrected chi connectivity index (χ0v) is 23.0. The number of piperazine rings is 1. The molecule has 4 heterocycles. The summed E-state index contributed by atoms with van der Waals surface area (Å²) < 4.78 is 39.7. The predicted octanol–water partition coefficient (Wildman–Crippen LogP) is 3.88. The second-order valence-electron chi connectivity index (χ2n) is 11.4. The highest BCUT2D eigenvalue weighted by molar-refractivity contribution is 5.76. The molecule has 0 radical (unpaired) electrons. The summed E-state index contributed by atoms with van der Waals surface area (Å²) >= 11 is 0. The van der Waals surface area contributed by atoms with Crippen LogP contribution in [-0.4, -0.2) is 95.2 Å². The van der Waals surface area contributed by atoms with Crippen molar-refractivity contribution in [1.29, 1.82) is 0 Å². The van der Waals surface area contributed by atoms with Crippen molar-refractivity contribution in [2.24, 2.45) is 5.92 Å². The number of alkyl halides is 3. The maximum Gasteiger partial charge on any atom is 0.416 e. The van der Waals surface area contributed by atoms with Gasteiger partial charge in [-0.15, -0.1) is 0 Å². The fourth-order valence-corrected chi connectivity index (χ4v) is 6.53. The van der Waals surface area contributed by atoms with Crippen LogP contribution in [-0.2, 0) is 17.5 Å². The molecule has 3 aliphatic rings. The Labute approximate surface area is 234 Å². The number of piperidine rings is 2. The standard InChI is InChI=1S/C30H40F3N5O2/c31-30(32,33)25-4-1-5-26(19-25)36-15-17-37(18-16-36)28-10-12-35(21-23-3-2-11-34-20-23)22-24(28)6-7-29(40)38-13-8-27(39)9-14-38/h1-5,11,19-20,24,27-28,39H,6-10,12-18,21-22H2/t24-,28+/m0/s1. The molecule has 0 unspecified atom stereocenters. The molecule has 0 aliphatic carbocycles. The van der Waals surface area contributed by atoms with Gasteiger partial charge in [-0.2, -0.15) is 13.2 Å². The van der Waals surface area contributed by atoms with Crippen molar-refractivity contribution in [2.75, 3.05) is 57.3 Å². The van der Waals surface area contributed by atoms with E-state index in [0.29, 0.717) is 63.1 Å². The first kappa shape index (κ1) is 28.8. The number of benzene rings is 1. The van der Waals surface area contributed by atoms with Gasteiger partial charge in [-0.05, 0) is 68.0 Å². The SMILES string of the molecule is O=C(CC[C@H]1CN(Cc2cccnc2)CC[C@H]1N1CCN(c2cccc(C(F)(F)F)c2)CC1)N1CCC(O)CC1. The number of carbonyl (C=O) groups is 1. The molecule has 1 N–H and O–H groups in total. The average molecular weight is 560 g/mol. The number of carbonyl (C=O) groups excluding carboxylic acids is 1. The first-order valence-electron chi connectivity index (χ1n) is 14.5. The van der Waals surface area contributed by atoms with Gasteiger partial charge in [-0.3, -0.25) is 19.6 Å². The van der Waals surface area contributed by atoms with Gasteiger partial charge in [-0.25, -0.2) is 0 Å². The summed E-state index contributed by atoms with van der Waals surface area (Å²) in [5.41, 5.74) is 1.19. The van der Waals surface area contributed by atoms with Crippen molar-refractivity contribution in [3.8, 4) is 0 Å². The number of aliphatic hydroxyl groups is 1. The number of aliphatic hydroxyl groups excluding tert-OH is 1. The van der Waals surface area contributed by atoms with E-state index in [-0.39, 0.29) is 12.0 Å². The molecule has 5 rings (SSSR count). The number of pyridine rings is 1. The quantitative estimate of drug-likeness (QED) is 0.556. The van der Waals surface area contributed by atoms with Gasteiger partial charge in [0.05, 0.1) is 11.7 Å². The first-order valence-corrected chi connectivity index (χ1v) is 14.5. The monoisotopic (exact) mass is 559 g/mol. The average Bonchev–Trinajstić information content (AvgIpc) is 2.97. The number of hydrogen-bond donors (Lipinski definition) is 1. The molecule has 3 saturated heterocycles. The zero-order valence-electron chi connectivity index (χ0n) is 23.0. The van der Waals surface area contributed by atoms with Crippen molar-refractivity contribution in [3.05, 3.63) is 59.9 Å². The van der Waals surface area contributed by atoms with Crippen LogP contribution in [0.25, 0.3) is 0 Å². The Bertz CT molecular complexity index is 1100. The molecule has 7 nitrogen and oxygen atoms in total. The second kappa shape index (κ2) is 12.9. The highest BCUT2D eigenvalue weighted by atomic mass is 19.4. The number of amides is 1. The van der Waals surface area contributed by atoms with Crippen molar-refractivity contribution in [3.63, 3.8) is 0 Å². The van der Waals surface area contributed by atoms with Gasteiger partial charge in [-0.1, -0.05) is 12.1 Å². The minimum absolute atomic E-state index is 0.171. The van der Waals surface area contributed by atoms with Crippen LogP contribution in [0.1, 0.15) is 43.2 Å². The molecule has 10 heteroatoms. The van der Waals surface area contributed by atoms with Crippen LogP contribution in [0.3, 0.4) is 0 Å². The molecule has 1 amide bonds. The van der Waals surface area contributed by atoms with E-state index in [1.54, 1.807) is 12.3 Å². The Kier molecular flexibility index (Phi) is 9.27. The molecule has 1 aromatic heterocycles. The van der Waals surface area contributed by atoms with Gasteiger partial charge in [0, 0.05) is 82.9 Å². The molecule has 3 aliphatic heterocycles. The van der Waals surface area contributed by atoms with Gasteiger partial charge in [0.15, 0.2) is 0 Å². The normalized spacial score (nSPS) is 23.9. The van der Waals surface area contributed by atoms with Crippen LogP contribution in [0.4, 0.5) is 18.9 Å². The minimum Gasteiger partial charge on any atom is -0.393 e. The van der Waals surface area contributed by atoms with Gasteiger partial charge in [0.2, 0.25) is 5.91 Å². The third kappa shape index (κ3) is 7.33. The van der Waals surface area contributed by atoms with E-state index in [4.69, 9.17) is 0 Å². The molecule has 2 aromatic rings. The Balaban J connectivity index is 1.22. The van der Waals surface area contributed by atoms with Crippen molar-refractivity contribution in [2.45, 2.75) is 57.0 Å². The fourth-order valence-electron chi connectivity index (χ4n) is 6.53. The second-order valence-corrected chi connectivity index (χ2v) is 11.4. The molecule has 40 heavy (non-hydrogen) atoms. The lowest BCUT2D eigenvalue weighted by Crippen LogP contribution is -2.56. The number of anilines is 1. The molecule has 0 saturated carbocycles. The zero-order chi connectivity index (χ0) is 28.1. The minimum atomic E-state index is -4.35. The van der Waals surface area contributed by atoms with E-state index in [1.165, 1.54) is 17.7 Å². The van der Waals surface area contributed by atoms with Crippen molar-refractivity contribution < 1.29 is 23.1 Å². The Morgan fingerprint density at radius 3 is 2.45 bits per heavy atom. The van der Waals surface area contributed by atoms with Gasteiger partial charge < -0.3 is 14.9 Å². The number of nitrogens with zero attached hydrogens (tertiary/aromatic N) is 5. The summed E-state index contributed by atoms with van der Waals surface area (Å²) in [5.74, 6) is 0.495. The van der Waals surface area contributed by atoms with Crippen LogP contribution in [0.2, 0.25) is 0 Å². The van der Waals surface area contributed by atoms with Gasteiger partial charge in [0.25, 0.3) is 0 Å². The van der Waals surface area contributed by atoms with Gasteiger partial charge >= 0.3 is 6.18 Å². The largest absolute Gasteiger partial charge is 0.416 e. The number of hydrogen-bond acceptors (Lipinski definition) is 6. The number of aromatic nitrogens is 1. The van der Waals surface area contributed by atoms with Crippen molar-refractivity contribution >= 4 is 11.6 Å². The van der Waals surface area contributed by atoms with Crippen LogP contribution in [0.5, 0.6) is 0 Å². The topological polar surface area (TPSA) is 63.2 Å². The molecule has 218 valence electrons. The highest BCUT2D eigenvalue weighted by Crippen LogP contribution is 2.33. The molecular weight excluding hydrogens is 519 g/mol. The Morgan fingerprint density at radius 1 is 0.975 bits per heavy atom. The van der Waals surface area contributed by atoms with Crippen LogP contribution in [0.15, 0.2) is 48.8 Å². The number of likely N-dealkylation sites (tertiary alicyclic amines) is 2. The highest BCUT2D eigenvalue weighted by Gasteiger charge is 2.36. The molecule has 2 atom stereocenters. The third-order valence-corrected chi connectivity index (χ3v) is 8.78. The summed E-state index contributed by atoms with van der Waals surface area (Å²) in [7, 11) is 0. The maximum atomic E-state index is 13.2. The number of rotatable bonds is 7. The summed E-state index contributed by atoms with van der Waals surface area (Å²) in [6, 6.07) is 10.0. The van der Waals surface area contributed by atoms with Crippen LogP contribution in [0, 0.1) is 5.92 Å². The lowest BCUT2D eigenvalue weighted by Gasteiger charge is -2.47. The van der Waals surface area contributed by atoms with E-state index >= 15 is 0 Å². The predicted molar refractivity (Wildman–Crippen MR) is 148 cm³/mol. The smallest absolute Gasteiger partial charge is 0.393 e. The summed E-state index contributed by atoms with van der Waals surface area (Å²) in [5, 5.41) is 9.81. The van der Waals surface area contributed by atoms with E-state index in [9.17, 15) is 23.1 Å². The van der Waals surface area contributed by atoms with E-state index < -0.39 is 11.7 Å². The lowest BCUT2D eigenvalue weighted by molar-refractivity contribution is -0.137. The Morgan fingerprint density at radius 2 is 1.75 bits per heavy atom. The maximum absolute atomic E-state index is 13.2. The summed E-state index contributed by atoms with van der Waals surface area (Å²) in [6.07, 6.45) is 2.63. The van der Waals surface area contributed by atoms with Crippen LogP contribution < -0.4 is 4.90 Å². The first-order chi connectivity index (χ1) is 19.3. The van der Waals surface area contributed by atoms with E-state index in [0.717, 1.165) is 51.6 Å². The van der Waals surface area contributed by atoms with E-state index in [1.807, 2.05) is 22.1 Å². The third-order valence-electron chi connectivity index (χ3n) is 8.78. The molecule has 1 aromatic carbocycles. The summed E-state index contributed by atoms with van der Waals surface area (Å²) in [6.45, 7) is 6.88. The summed E-state index contributed by atoms with van der Waals surface area (Å²) in [4.78, 5) is 26.2. The molecule has 0 bridgehead atoms. The van der Waals surface area contributed by atoms with Gasteiger partial charge in [0.1, 0.15) is 0 Å². The Hall–Kier alpha value is -2.69. The number of halogens is 3. The fraction of sp³-hybridized carbons (Fsp3) is 0.600. The molecule has 0 spiro atoms. The molecule has 3 fully saturated rings. The molecular formula is C30H40F3N5O2.